The number of rotatable bonds is 4. The van der Waals surface area contributed by atoms with Crippen LogP contribution in [0.15, 0.2) is 78.9 Å². The summed E-state index contributed by atoms with van der Waals surface area (Å²) < 4.78 is 14.6. The fraction of sp³-hybridized carbons (Fsp3) is 0. The largest absolute Gasteiger partial charge is 0.288 e. The molecule has 0 fully saturated rings. The molecule has 0 aliphatic rings. The molecule has 0 bridgehead atoms. The number of fused-ring (bicyclic) bond motifs is 1. The van der Waals surface area contributed by atoms with Gasteiger partial charge in [-0.15, -0.1) is 11.3 Å². The van der Waals surface area contributed by atoms with E-state index in [0.29, 0.717) is 21.7 Å². The third-order valence-electron chi connectivity index (χ3n) is 3.96. The van der Waals surface area contributed by atoms with Gasteiger partial charge in [-0.1, -0.05) is 54.6 Å². The Hall–Kier alpha value is -3.11. The highest BCUT2D eigenvalue weighted by Gasteiger charge is 2.18. The molecular weight excluding hydrogens is 345 g/mol. The van der Waals surface area contributed by atoms with Crippen LogP contribution in [0.3, 0.4) is 0 Å². The van der Waals surface area contributed by atoms with Gasteiger partial charge in [0.2, 0.25) is 0 Å². The van der Waals surface area contributed by atoms with E-state index < -0.39 is 0 Å². The summed E-state index contributed by atoms with van der Waals surface area (Å²) in [6.45, 7) is 0. The number of benzene rings is 3. The van der Waals surface area contributed by atoms with Gasteiger partial charge in [-0.2, -0.15) is 0 Å². The van der Waals surface area contributed by atoms with Crippen molar-refractivity contribution in [2.24, 2.45) is 0 Å². The van der Waals surface area contributed by atoms with Crippen molar-refractivity contribution >= 4 is 39.0 Å². The smallest absolute Gasteiger partial charge is 0.196 e. The lowest BCUT2D eigenvalue weighted by atomic mass is 10.0. The van der Waals surface area contributed by atoms with Crippen molar-refractivity contribution in [1.82, 2.24) is 4.98 Å². The van der Waals surface area contributed by atoms with Crippen molar-refractivity contribution in [3.8, 4) is 0 Å². The Morgan fingerprint density at radius 1 is 0.923 bits per heavy atom. The number of halogens is 1. The van der Waals surface area contributed by atoms with E-state index in [1.54, 1.807) is 30.3 Å². The lowest BCUT2D eigenvalue weighted by molar-refractivity contribution is 0.105. The number of aromatic nitrogens is 1. The molecule has 0 amide bonds. The highest BCUT2D eigenvalue weighted by atomic mass is 32.1. The number of carbonyl (C=O) groups is 1. The van der Waals surface area contributed by atoms with E-state index in [0.717, 1.165) is 10.2 Å². The average molecular weight is 359 g/mol. The molecule has 126 valence electrons. The monoisotopic (exact) mass is 359 g/mol. The summed E-state index contributed by atoms with van der Waals surface area (Å²) >= 11 is 1.46. The van der Waals surface area contributed by atoms with Gasteiger partial charge in [0.25, 0.3) is 0 Å². The number of ketones is 1. The predicted octanol–water partition coefficient (Wildman–Crippen LogP) is 5.86. The molecule has 1 heterocycles. The molecule has 4 aromatic rings. The Morgan fingerprint density at radius 2 is 1.69 bits per heavy atom. The van der Waals surface area contributed by atoms with Crippen LogP contribution in [0.2, 0.25) is 0 Å². The predicted molar refractivity (Wildman–Crippen MR) is 105 cm³/mol. The fourth-order valence-electron chi connectivity index (χ4n) is 2.72. The van der Waals surface area contributed by atoms with Gasteiger partial charge in [0.05, 0.1) is 15.8 Å². The van der Waals surface area contributed by atoms with Gasteiger partial charge in [0.15, 0.2) is 5.78 Å². The molecular formula is C22H14FNOS. The Labute approximate surface area is 154 Å². The molecule has 0 saturated heterocycles. The highest BCUT2D eigenvalue weighted by Crippen LogP contribution is 2.30. The quantitative estimate of drug-likeness (QED) is 0.337. The third-order valence-corrected chi connectivity index (χ3v) is 5.03. The molecule has 0 unspecified atom stereocenters. The van der Waals surface area contributed by atoms with Gasteiger partial charge in [-0.3, -0.25) is 4.79 Å². The van der Waals surface area contributed by atoms with Gasteiger partial charge in [-0.25, -0.2) is 9.37 Å². The summed E-state index contributed by atoms with van der Waals surface area (Å²) in [5.74, 6) is -0.469. The number of carbonyl (C=O) groups excluding carboxylic acids is 1. The van der Waals surface area contributed by atoms with Crippen LogP contribution in [0.1, 0.15) is 20.9 Å². The Bertz CT molecular complexity index is 1080. The summed E-state index contributed by atoms with van der Waals surface area (Å²) in [4.78, 5) is 17.7. The average Bonchev–Trinajstić information content (AvgIpc) is 3.10. The van der Waals surface area contributed by atoms with Crippen molar-refractivity contribution in [1.29, 1.82) is 0 Å². The van der Waals surface area contributed by atoms with Crippen molar-refractivity contribution in [2.75, 3.05) is 0 Å². The molecule has 4 rings (SSSR count). The molecule has 0 saturated carbocycles. The van der Waals surface area contributed by atoms with Gasteiger partial charge >= 0.3 is 0 Å². The van der Waals surface area contributed by atoms with Crippen LogP contribution in [-0.4, -0.2) is 10.8 Å². The minimum absolute atomic E-state index is 0.131. The van der Waals surface area contributed by atoms with E-state index in [9.17, 15) is 9.18 Å². The first-order valence-corrected chi connectivity index (χ1v) is 8.95. The van der Waals surface area contributed by atoms with Crippen LogP contribution in [0.5, 0.6) is 0 Å². The van der Waals surface area contributed by atoms with Gasteiger partial charge in [0.1, 0.15) is 10.8 Å². The minimum Gasteiger partial charge on any atom is -0.288 e. The maximum Gasteiger partial charge on any atom is 0.196 e. The van der Waals surface area contributed by atoms with Gasteiger partial charge in [0, 0.05) is 5.56 Å². The van der Waals surface area contributed by atoms with Crippen LogP contribution in [0.4, 0.5) is 4.39 Å². The maximum absolute atomic E-state index is 13.6. The first kappa shape index (κ1) is 16.4. The van der Waals surface area contributed by atoms with Crippen LogP contribution in [0, 0.1) is 5.82 Å². The van der Waals surface area contributed by atoms with E-state index in [-0.39, 0.29) is 11.6 Å². The molecule has 2 nitrogen and oxygen atoms in total. The molecule has 0 aliphatic heterocycles. The summed E-state index contributed by atoms with van der Waals surface area (Å²) in [7, 11) is 0. The normalized spacial score (nSPS) is 11.7. The zero-order valence-electron chi connectivity index (χ0n) is 13.7. The molecule has 3 aromatic carbocycles. The molecule has 0 N–H and O–H groups in total. The number of Topliss-reactive ketones (excluding diaryl/α,β-unsaturated/α-hetero) is 1. The van der Waals surface area contributed by atoms with Crippen LogP contribution < -0.4 is 0 Å². The summed E-state index contributed by atoms with van der Waals surface area (Å²) in [6, 6.07) is 23.0. The SMILES string of the molecule is O=C(/C(=C/c1cccc(F)c1)c1nc2ccccc2s1)c1ccccc1. The van der Waals surface area contributed by atoms with E-state index in [1.807, 2.05) is 42.5 Å². The molecule has 0 atom stereocenters. The number of hydrogen-bond donors (Lipinski definition) is 0. The number of nitrogens with zero attached hydrogens (tertiary/aromatic N) is 1. The van der Waals surface area contributed by atoms with E-state index >= 15 is 0 Å². The van der Waals surface area contributed by atoms with Crippen LogP contribution in [-0.2, 0) is 0 Å². The summed E-state index contributed by atoms with van der Waals surface area (Å²) in [5, 5.41) is 0.629. The van der Waals surface area contributed by atoms with E-state index in [4.69, 9.17) is 0 Å². The third kappa shape index (κ3) is 3.32. The zero-order chi connectivity index (χ0) is 17.9. The molecule has 0 aliphatic carbocycles. The number of thiazole rings is 1. The molecule has 0 spiro atoms. The molecule has 4 heteroatoms. The highest BCUT2D eigenvalue weighted by molar-refractivity contribution is 7.20. The number of allylic oxidation sites excluding steroid dienone is 1. The second-order valence-corrected chi connectivity index (χ2v) is 6.83. The Balaban J connectivity index is 1.87. The fourth-order valence-corrected chi connectivity index (χ4v) is 3.70. The van der Waals surface area contributed by atoms with Gasteiger partial charge < -0.3 is 0 Å². The topological polar surface area (TPSA) is 30.0 Å². The van der Waals surface area contributed by atoms with Crippen molar-refractivity contribution in [2.45, 2.75) is 0 Å². The summed E-state index contributed by atoms with van der Waals surface area (Å²) in [6.07, 6.45) is 1.70. The maximum atomic E-state index is 13.6. The van der Waals surface area contributed by atoms with Crippen LogP contribution in [0.25, 0.3) is 21.9 Å². The molecule has 0 radical (unpaired) electrons. The van der Waals surface area contributed by atoms with Gasteiger partial charge in [-0.05, 0) is 35.9 Å². The minimum atomic E-state index is -0.338. The van der Waals surface area contributed by atoms with Crippen molar-refractivity contribution in [3.63, 3.8) is 0 Å². The Morgan fingerprint density at radius 3 is 2.46 bits per heavy atom. The first-order chi connectivity index (χ1) is 12.7. The Kier molecular flexibility index (Phi) is 4.42. The second kappa shape index (κ2) is 7.02. The standard InChI is InChI=1S/C22H14FNOS/c23-17-10-6-7-15(13-17)14-18(21(25)16-8-2-1-3-9-16)22-24-19-11-4-5-12-20(19)26-22/h1-14H/b18-14-. The molecule has 26 heavy (non-hydrogen) atoms. The van der Waals surface area contributed by atoms with E-state index in [1.165, 1.54) is 23.5 Å². The number of hydrogen-bond acceptors (Lipinski definition) is 3. The summed E-state index contributed by atoms with van der Waals surface area (Å²) in [5.41, 5.74) is 2.51. The van der Waals surface area contributed by atoms with Crippen LogP contribution >= 0.6 is 11.3 Å². The van der Waals surface area contributed by atoms with Crippen molar-refractivity contribution in [3.05, 3.63) is 101 Å². The first-order valence-electron chi connectivity index (χ1n) is 8.14. The lowest BCUT2D eigenvalue weighted by Crippen LogP contribution is -2.02. The van der Waals surface area contributed by atoms with Crippen molar-refractivity contribution < 1.29 is 9.18 Å². The lowest BCUT2D eigenvalue weighted by Gasteiger charge is -2.05. The second-order valence-electron chi connectivity index (χ2n) is 5.79. The zero-order valence-corrected chi connectivity index (χ0v) is 14.5. The molecule has 1 aromatic heterocycles. The van der Waals surface area contributed by atoms with E-state index in [2.05, 4.69) is 4.98 Å². The number of para-hydroxylation sites is 1.